The van der Waals surface area contributed by atoms with Crippen molar-refractivity contribution in [1.82, 2.24) is 4.57 Å². The summed E-state index contributed by atoms with van der Waals surface area (Å²) in [6, 6.07) is 8.07. The number of hydrogen-bond acceptors (Lipinski definition) is 1. The molecular weight excluding hydrogens is 210 g/mol. The van der Waals surface area contributed by atoms with E-state index in [1.807, 2.05) is 24.4 Å². The minimum Gasteiger partial charge on any atom is -0.496 e. The fourth-order valence-electron chi connectivity index (χ4n) is 1.69. The highest BCUT2D eigenvalue weighted by Crippen LogP contribution is 2.26. The summed E-state index contributed by atoms with van der Waals surface area (Å²) in [5.41, 5.74) is 2.69. The van der Waals surface area contributed by atoms with E-state index in [1.54, 1.807) is 7.11 Å². The standard InChI is InChI=1S/C12H12ClNO/c1-15-12-5-2-4-11-10(12)6-9-14(11)8-3-7-13/h2-7,9H,8H2,1H3/b7-3+. The molecule has 1 heterocycles. The number of nitrogens with zero attached hydrogens (tertiary/aromatic N) is 1. The number of fused-ring (bicyclic) bond motifs is 1. The van der Waals surface area contributed by atoms with Gasteiger partial charge >= 0.3 is 0 Å². The number of methoxy groups -OCH3 is 1. The van der Waals surface area contributed by atoms with Crippen molar-refractivity contribution in [1.29, 1.82) is 0 Å². The van der Waals surface area contributed by atoms with E-state index in [0.717, 1.165) is 23.2 Å². The lowest BCUT2D eigenvalue weighted by Crippen LogP contribution is -1.92. The normalized spacial score (nSPS) is 11.3. The van der Waals surface area contributed by atoms with Gasteiger partial charge in [0.2, 0.25) is 0 Å². The first kappa shape index (κ1) is 10.1. The summed E-state index contributed by atoms with van der Waals surface area (Å²) in [5.74, 6) is 0.904. The van der Waals surface area contributed by atoms with Gasteiger partial charge in [0.05, 0.1) is 12.6 Å². The summed E-state index contributed by atoms with van der Waals surface area (Å²) < 4.78 is 7.41. The summed E-state index contributed by atoms with van der Waals surface area (Å²) in [4.78, 5) is 0. The van der Waals surface area contributed by atoms with Crippen LogP contribution in [0.15, 0.2) is 42.1 Å². The largest absolute Gasteiger partial charge is 0.496 e. The van der Waals surface area contributed by atoms with E-state index in [4.69, 9.17) is 16.3 Å². The summed E-state index contributed by atoms with van der Waals surface area (Å²) in [6.07, 6.45) is 3.94. The third-order valence-electron chi connectivity index (χ3n) is 2.38. The van der Waals surface area contributed by atoms with Crippen LogP contribution in [0.3, 0.4) is 0 Å². The molecule has 15 heavy (non-hydrogen) atoms. The van der Waals surface area contributed by atoms with Crippen LogP contribution >= 0.6 is 11.6 Å². The van der Waals surface area contributed by atoms with Gasteiger partial charge < -0.3 is 9.30 Å². The number of ether oxygens (including phenoxy) is 1. The minimum absolute atomic E-state index is 0.778. The molecule has 2 aromatic rings. The fourth-order valence-corrected chi connectivity index (χ4v) is 1.77. The van der Waals surface area contributed by atoms with Crippen LogP contribution in [0.25, 0.3) is 10.9 Å². The number of benzene rings is 1. The predicted molar refractivity (Wildman–Crippen MR) is 63.5 cm³/mol. The van der Waals surface area contributed by atoms with Gasteiger partial charge in [0, 0.05) is 23.7 Å². The monoisotopic (exact) mass is 221 g/mol. The Morgan fingerprint density at radius 3 is 3.00 bits per heavy atom. The zero-order chi connectivity index (χ0) is 10.7. The van der Waals surface area contributed by atoms with Gasteiger partial charge in [-0.3, -0.25) is 0 Å². The molecule has 0 spiro atoms. The molecule has 2 nitrogen and oxygen atoms in total. The molecule has 0 unspecified atom stereocenters. The Kier molecular flexibility index (Phi) is 2.97. The first-order valence-electron chi connectivity index (χ1n) is 4.74. The summed E-state index contributed by atoms with van der Waals surface area (Å²) in [6.45, 7) is 0.778. The predicted octanol–water partition coefficient (Wildman–Crippen LogP) is 3.40. The van der Waals surface area contributed by atoms with E-state index < -0.39 is 0 Å². The molecule has 0 N–H and O–H groups in total. The Hall–Kier alpha value is -1.41. The molecule has 0 aliphatic rings. The van der Waals surface area contributed by atoms with Crippen molar-refractivity contribution in [3.8, 4) is 5.75 Å². The van der Waals surface area contributed by atoms with Crippen molar-refractivity contribution < 1.29 is 4.74 Å². The lowest BCUT2D eigenvalue weighted by Gasteiger charge is -2.03. The summed E-state index contributed by atoms with van der Waals surface area (Å²) in [7, 11) is 1.69. The van der Waals surface area contributed by atoms with Crippen LogP contribution in [0.4, 0.5) is 0 Å². The zero-order valence-corrected chi connectivity index (χ0v) is 9.24. The van der Waals surface area contributed by atoms with Crippen molar-refractivity contribution in [2.75, 3.05) is 7.11 Å². The third kappa shape index (κ3) is 1.85. The van der Waals surface area contributed by atoms with E-state index in [2.05, 4.69) is 16.7 Å². The number of hydrogen-bond donors (Lipinski definition) is 0. The maximum Gasteiger partial charge on any atom is 0.128 e. The number of rotatable bonds is 3. The highest BCUT2D eigenvalue weighted by Gasteiger charge is 2.03. The second-order valence-corrected chi connectivity index (χ2v) is 3.47. The zero-order valence-electron chi connectivity index (χ0n) is 8.48. The van der Waals surface area contributed by atoms with Crippen molar-refractivity contribution in [2.24, 2.45) is 0 Å². The highest BCUT2D eigenvalue weighted by atomic mass is 35.5. The number of aromatic nitrogens is 1. The van der Waals surface area contributed by atoms with Gasteiger partial charge in [-0.2, -0.15) is 0 Å². The molecule has 1 aromatic carbocycles. The molecule has 0 aliphatic heterocycles. The molecule has 78 valence electrons. The Balaban J connectivity index is 2.50. The van der Waals surface area contributed by atoms with E-state index in [0.29, 0.717) is 0 Å². The lowest BCUT2D eigenvalue weighted by atomic mass is 10.2. The van der Waals surface area contributed by atoms with Crippen LogP contribution in [0.1, 0.15) is 0 Å². The van der Waals surface area contributed by atoms with Crippen LogP contribution in [0.5, 0.6) is 5.75 Å². The van der Waals surface area contributed by atoms with Crippen LogP contribution < -0.4 is 4.74 Å². The third-order valence-corrected chi connectivity index (χ3v) is 2.56. The minimum atomic E-state index is 0.778. The topological polar surface area (TPSA) is 14.2 Å². The van der Waals surface area contributed by atoms with Gasteiger partial charge in [-0.25, -0.2) is 0 Å². The van der Waals surface area contributed by atoms with Gasteiger partial charge in [-0.15, -0.1) is 0 Å². The second kappa shape index (κ2) is 4.41. The maximum atomic E-state index is 5.51. The molecule has 3 heteroatoms. The Labute approximate surface area is 93.7 Å². The summed E-state index contributed by atoms with van der Waals surface area (Å²) >= 11 is 5.51. The van der Waals surface area contributed by atoms with Crippen molar-refractivity contribution in [2.45, 2.75) is 6.54 Å². The van der Waals surface area contributed by atoms with Gasteiger partial charge in [0.1, 0.15) is 5.75 Å². The van der Waals surface area contributed by atoms with Gasteiger partial charge in [0.25, 0.3) is 0 Å². The summed E-state index contributed by atoms with van der Waals surface area (Å²) in [5, 5.41) is 1.13. The molecule has 0 saturated carbocycles. The maximum absolute atomic E-state index is 5.51. The van der Waals surface area contributed by atoms with Crippen molar-refractivity contribution in [3.05, 3.63) is 42.1 Å². The van der Waals surface area contributed by atoms with Crippen molar-refractivity contribution >= 4 is 22.5 Å². The van der Waals surface area contributed by atoms with Crippen LogP contribution in [0, 0.1) is 0 Å². The number of allylic oxidation sites excluding steroid dienone is 1. The van der Waals surface area contributed by atoms with E-state index in [9.17, 15) is 0 Å². The first-order valence-corrected chi connectivity index (χ1v) is 5.17. The molecule has 0 bridgehead atoms. The molecule has 0 amide bonds. The number of halogens is 1. The molecule has 1 aromatic heterocycles. The molecule has 2 rings (SSSR count). The average molecular weight is 222 g/mol. The van der Waals surface area contributed by atoms with E-state index in [-0.39, 0.29) is 0 Å². The van der Waals surface area contributed by atoms with Crippen LogP contribution in [-0.2, 0) is 6.54 Å². The second-order valence-electron chi connectivity index (χ2n) is 3.22. The smallest absolute Gasteiger partial charge is 0.128 e. The Morgan fingerprint density at radius 2 is 2.27 bits per heavy atom. The van der Waals surface area contributed by atoms with Gasteiger partial charge in [-0.05, 0) is 18.2 Å². The Bertz CT molecular complexity index is 487. The van der Waals surface area contributed by atoms with Crippen LogP contribution in [-0.4, -0.2) is 11.7 Å². The SMILES string of the molecule is COc1cccc2c1ccn2C/C=C/Cl. The van der Waals surface area contributed by atoms with Crippen molar-refractivity contribution in [3.63, 3.8) is 0 Å². The average Bonchev–Trinajstić information content (AvgIpc) is 2.69. The molecule has 0 radical (unpaired) electrons. The molecule has 0 fully saturated rings. The molecule has 0 saturated heterocycles. The molecular formula is C12H12ClNO. The Morgan fingerprint density at radius 1 is 1.40 bits per heavy atom. The van der Waals surface area contributed by atoms with Crippen LogP contribution in [0.2, 0.25) is 0 Å². The fraction of sp³-hybridized carbons (Fsp3) is 0.167. The lowest BCUT2D eigenvalue weighted by molar-refractivity contribution is 0.420. The van der Waals surface area contributed by atoms with Gasteiger partial charge in [0.15, 0.2) is 0 Å². The highest BCUT2D eigenvalue weighted by molar-refractivity contribution is 6.25. The van der Waals surface area contributed by atoms with E-state index >= 15 is 0 Å². The molecule has 0 atom stereocenters. The first-order chi connectivity index (χ1) is 7.36. The van der Waals surface area contributed by atoms with Gasteiger partial charge in [-0.1, -0.05) is 23.7 Å². The quantitative estimate of drug-likeness (QED) is 0.775. The molecule has 0 aliphatic carbocycles. The van der Waals surface area contributed by atoms with E-state index in [1.165, 1.54) is 5.54 Å².